The lowest BCUT2D eigenvalue weighted by Crippen LogP contribution is -2.39. The monoisotopic (exact) mass is 438 g/mol. The van der Waals surface area contributed by atoms with E-state index in [0.29, 0.717) is 12.3 Å². The summed E-state index contributed by atoms with van der Waals surface area (Å²) in [7, 11) is 3.42. The van der Waals surface area contributed by atoms with Crippen LogP contribution in [0.5, 0.6) is 0 Å². The van der Waals surface area contributed by atoms with Crippen LogP contribution in [0.15, 0.2) is 21.7 Å². The summed E-state index contributed by atoms with van der Waals surface area (Å²) in [5, 5.41) is 9.21. The van der Waals surface area contributed by atoms with Crippen molar-refractivity contribution in [2.45, 2.75) is 19.8 Å². The second kappa shape index (κ2) is 13.2. The molecule has 1 amide bonds. The number of guanidine groups is 1. The minimum Gasteiger partial charge on any atom is -0.459 e. The van der Waals surface area contributed by atoms with Gasteiger partial charge >= 0.3 is 0 Å². The lowest BCUT2D eigenvalue weighted by atomic mass is 10.2. The summed E-state index contributed by atoms with van der Waals surface area (Å²) in [6.07, 6.45) is 3.24. The molecule has 132 valence electrons. The summed E-state index contributed by atoms with van der Waals surface area (Å²) in [6, 6.07) is 1.77. The maximum absolute atomic E-state index is 11.8. The summed E-state index contributed by atoms with van der Waals surface area (Å²) in [5.74, 6) is 0.956. The molecule has 1 heterocycles. The van der Waals surface area contributed by atoms with Gasteiger partial charge in [-0.3, -0.25) is 9.79 Å². The Labute approximate surface area is 154 Å². The topological polar surface area (TPSA) is 87.9 Å². The fraction of sp³-hybridized carbons (Fsp3) is 0.600. The first-order chi connectivity index (χ1) is 10.7. The van der Waals surface area contributed by atoms with E-state index in [0.717, 1.165) is 44.1 Å². The smallest absolute Gasteiger partial charge is 0.287 e. The van der Waals surface area contributed by atoms with Gasteiger partial charge in [0.05, 0.1) is 6.26 Å². The Morgan fingerprint density at radius 1 is 1.22 bits per heavy atom. The van der Waals surface area contributed by atoms with Crippen molar-refractivity contribution < 1.29 is 13.9 Å². The number of hydrogen-bond donors (Lipinski definition) is 3. The molecule has 0 aliphatic carbocycles. The Morgan fingerprint density at radius 2 is 1.87 bits per heavy atom. The second-order valence-electron chi connectivity index (χ2n) is 4.81. The van der Waals surface area contributed by atoms with Crippen molar-refractivity contribution in [1.29, 1.82) is 0 Å². The maximum Gasteiger partial charge on any atom is 0.287 e. The molecule has 0 aliphatic heterocycles. The number of furan rings is 1. The average Bonchev–Trinajstić information content (AvgIpc) is 2.95. The highest BCUT2D eigenvalue weighted by Gasteiger charge is 2.11. The molecule has 7 nitrogen and oxygen atoms in total. The van der Waals surface area contributed by atoms with Gasteiger partial charge in [0, 0.05) is 46.0 Å². The van der Waals surface area contributed by atoms with Crippen LogP contribution in [0.4, 0.5) is 0 Å². The van der Waals surface area contributed by atoms with E-state index in [2.05, 4.69) is 20.9 Å². The number of hydrogen-bond acceptors (Lipinski definition) is 4. The second-order valence-corrected chi connectivity index (χ2v) is 4.81. The number of nitrogens with one attached hydrogen (secondary N) is 3. The first-order valence-corrected chi connectivity index (χ1v) is 7.44. The Bertz CT molecular complexity index is 477. The molecule has 0 saturated heterocycles. The van der Waals surface area contributed by atoms with Crippen LogP contribution in [0, 0.1) is 6.92 Å². The van der Waals surface area contributed by atoms with Gasteiger partial charge in [-0.25, -0.2) is 0 Å². The van der Waals surface area contributed by atoms with E-state index in [-0.39, 0.29) is 29.9 Å². The highest BCUT2D eigenvalue weighted by molar-refractivity contribution is 14.0. The number of aryl methyl sites for hydroxylation is 1. The number of aliphatic imine (C=N–C) groups is 1. The lowest BCUT2D eigenvalue weighted by molar-refractivity contribution is 0.0925. The van der Waals surface area contributed by atoms with Crippen LogP contribution >= 0.6 is 24.0 Å². The predicted octanol–water partition coefficient (Wildman–Crippen LogP) is 1.53. The zero-order chi connectivity index (χ0) is 16.2. The van der Waals surface area contributed by atoms with E-state index in [1.54, 1.807) is 20.2 Å². The van der Waals surface area contributed by atoms with Gasteiger partial charge < -0.3 is 25.1 Å². The molecule has 23 heavy (non-hydrogen) atoms. The average molecular weight is 438 g/mol. The van der Waals surface area contributed by atoms with Gasteiger partial charge in [-0.2, -0.15) is 0 Å². The molecule has 1 aromatic rings. The van der Waals surface area contributed by atoms with Gasteiger partial charge in [0.15, 0.2) is 11.7 Å². The molecule has 0 spiro atoms. The largest absolute Gasteiger partial charge is 0.459 e. The van der Waals surface area contributed by atoms with Crippen molar-refractivity contribution in [2.75, 3.05) is 40.4 Å². The first-order valence-electron chi connectivity index (χ1n) is 7.44. The third kappa shape index (κ3) is 8.80. The summed E-state index contributed by atoms with van der Waals surface area (Å²) in [4.78, 5) is 15.9. The number of rotatable bonds is 9. The molecule has 0 atom stereocenters. The van der Waals surface area contributed by atoms with Crippen molar-refractivity contribution in [3.8, 4) is 0 Å². The number of carbonyl (C=O) groups excluding carboxylic acids is 1. The zero-order valence-corrected chi connectivity index (χ0v) is 16.3. The molecule has 0 unspecified atom stereocenters. The highest BCUT2D eigenvalue weighted by Crippen LogP contribution is 2.07. The van der Waals surface area contributed by atoms with E-state index in [1.807, 2.05) is 6.92 Å². The quantitative estimate of drug-likeness (QED) is 0.236. The summed E-state index contributed by atoms with van der Waals surface area (Å²) in [5.41, 5.74) is 0.844. The summed E-state index contributed by atoms with van der Waals surface area (Å²) >= 11 is 0. The number of ether oxygens (including phenoxy) is 1. The molecule has 0 aromatic carbocycles. The van der Waals surface area contributed by atoms with Crippen molar-refractivity contribution in [3.63, 3.8) is 0 Å². The van der Waals surface area contributed by atoms with Gasteiger partial charge in [-0.1, -0.05) is 0 Å². The van der Waals surface area contributed by atoms with E-state index in [1.165, 1.54) is 6.26 Å². The van der Waals surface area contributed by atoms with Crippen molar-refractivity contribution in [3.05, 3.63) is 23.7 Å². The predicted molar refractivity (Wildman–Crippen MR) is 102 cm³/mol. The van der Waals surface area contributed by atoms with E-state index >= 15 is 0 Å². The van der Waals surface area contributed by atoms with Gasteiger partial charge in [-0.15, -0.1) is 24.0 Å². The van der Waals surface area contributed by atoms with E-state index in [9.17, 15) is 4.79 Å². The third-order valence-corrected chi connectivity index (χ3v) is 3.04. The van der Waals surface area contributed by atoms with E-state index < -0.39 is 0 Å². The Kier molecular flexibility index (Phi) is 12.4. The molecule has 0 aliphatic rings. The van der Waals surface area contributed by atoms with Crippen LogP contribution in [-0.4, -0.2) is 52.3 Å². The fourth-order valence-corrected chi connectivity index (χ4v) is 1.83. The molecule has 0 bridgehead atoms. The van der Waals surface area contributed by atoms with Crippen LogP contribution in [0.1, 0.15) is 29.0 Å². The standard InChI is InChI=1S/C15H26N4O3.HI/c1-12-6-11-22-13(12)14(20)17-7-4-8-18-15(16-2)19-9-5-10-21-3;/h6,11H,4-5,7-10H2,1-3H3,(H,17,20)(H2,16,18,19);1H. The SMILES string of the molecule is CN=C(NCCCNC(=O)c1occc1C)NCCCOC.I. The molecule has 8 heteroatoms. The van der Waals surface area contributed by atoms with E-state index in [4.69, 9.17) is 9.15 Å². The van der Waals surface area contributed by atoms with Gasteiger partial charge in [0.1, 0.15) is 0 Å². The zero-order valence-electron chi connectivity index (χ0n) is 14.0. The minimum absolute atomic E-state index is 0. The number of carbonyl (C=O) groups is 1. The molecular weight excluding hydrogens is 411 g/mol. The molecule has 1 aromatic heterocycles. The van der Waals surface area contributed by atoms with Crippen molar-refractivity contribution >= 4 is 35.8 Å². The van der Waals surface area contributed by atoms with Gasteiger partial charge in [0.2, 0.25) is 0 Å². The van der Waals surface area contributed by atoms with Crippen molar-refractivity contribution in [2.24, 2.45) is 4.99 Å². The van der Waals surface area contributed by atoms with Crippen LogP contribution in [0.25, 0.3) is 0 Å². The number of nitrogens with zero attached hydrogens (tertiary/aromatic N) is 1. The number of halogens is 1. The minimum atomic E-state index is -0.176. The third-order valence-electron chi connectivity index (χ3n) is 3.04. The Hall–Kier alpha value is -1.29. The van der Waals surface area contributed by atoms with Crippen LogP contribution in [-0.2, 0) is 4.74 Å². The molecule has 0 radical (unpaired) electrons. The maximum atomic E-state index is 11.8. The molecule has 0 fully saturated rings. The fourth-order valence-electron chi connectivity index (χ4n) is 1.83. The lowest BCUT2D eigenvalue weighted by Gasteiger charge is -2.11. The normalized spacial score (nSPS) is 10.8. The first kappa shape index (κ1) is 21.7. The Balaban J connectivity index is 0.00000484. The molecule has 1 rings (SSSR count). The molecular formula is C15H27IN4O3. The number of methoxy groups -OCH3 is 1. The summed E-state index contributed by atoms with van der Waals surface area (Å²) < 4.78 is 10.1. The Morgan fingerprint density at radius 3 is 2.43 bits per heavy atom. The molecule has 3 N–H and O–H groups in total. The van der Waals surface area contributed by atoms with Crippen molar-refractivity contribution in [1.82, 2.24) is 16.0 Å². The number of amides is 1. The van der Waals surface area contributed by atoms with Crippen LogP contribution in [0.2, 0.25) is 0 Å². The van der Waals surface area contributed by atoms with Crippen LogP contribution < -0.4 is 16.0 Å². The summed E-state index contributed by atoms with van der Waals surface area (Å²) in [6.45, 7) is 4.68. The van der Waals surface area contributed by atoms with Crippen LogP contribution in [0.3, 0.4) is 0 Å². The highest BCUT2D eigenvalue weighted by atomic mass is 127. The van der Waals surface area contributed by atoms with Gasteiger partial charge in [0.25, 0.3) is 5.91 Å². The van der Waals surface area contributed by atoms with Gasteiger partial charge in [-0.05, 0) is 25.8 Å². The molecule has 0 saturated carbocycles.